The number of carbonyl (C=O) groups is 4. The Kier molecular flexibility index (Phi) is 10.6. The van der Waals surface area contributed by atoms with Crippen molar-refractivity contribution in [1.82, 2.24) is 5.32 Å². The lowest BCUT2D eigenvalue weighted by Crippen LogP contribution is -2.36. The van der Waals surface area contributed by atoms with Crippen LogP contribution >= 0.6 is 11.8 Å². The van der Waals surface area contributed by atoms with Crippen LogP contribution in [0.3, 0.4) is 0 Å². The molecule has 13 heteroatoms. The van der Waals surface area contributed by atoms with Crippen LogP contribution in [0.2, 0.25) is 0 Å². The molecule has 3 aromatic carbocycles. The number of carbonyl (C=O) groups excluding carboxylic acids is 4. The van der Waals surface area contributed by atoms with Crippen molar-refractivity contribution < 1.29 is 38.1 Å². The van der Waals surface area contributed by atoms with E-state index in [9.17, 15) is 19.2 Å². The summed E-state index contributed by atoms with van der Waals surface area (Å²) in [5, 5.41) is 4.29. The predicted molar refractivity (Wildman–Crippen MR) is 180 cm³/mol. The van der Waals surface area contributed by atoms with Crippen molar-refractivity contribution in [2.24, 2.45) is 0 Å². The monoisotopic (exact) mass is 662 g/mol. The number of thioether (sulfide) groups is 1. The Morgan fingerprint density at radius 3 is 2.38 bits per heavy atom. The summed E-state index contributed by atoms with van der Waals surface area (Å²) in [6.07, 6.45) is -0.204. The topological polar surface area (TPSA) is 136 Å². The van der Waals surface area contributed by atoms with Crippen LogP contribution in [-0.2, 0) is 25.5 Å². The fourth-order valence-electron chi connectivity index (χ4n) is 4.89. The van der Waals surface area contributed by atoms with Gasteiger partial charge in [-0.1, -0.05) is 30.0 Å². The highest BCUT2D eigenvalue weighted by molar-refractivity contribution is 8.15. The second kappa shape index (κ2) is 14.8. The minimum absolute atomic E-state index is 0.295. The SMILES string of the molecule is CN(C(=O)OC(C)(C)C)c1cc(Oc2cccc(N3CCOCC3)c2)ccc1NC(=O)COc1ccc(CC2SC(=O)NC2=O)cc1. The molecule has 1 atom stereocenters. The number of amides is 4. The van der Waals surface area contributed by atoms with Crippen LogP contribution in [0.15, 0.2) is 66.7 Å². The third-order valence-corrected chi connectivity index (χ3v) is 8.16. The molecule has 12 nitrogen and oxygen atoms in total. The lowest BCUT2D eigenvalue weighted by molar-refractivity contribution is -0.119. The van der Waals surface area contributed by atoms with Gasteiger partial charge in [0.2, 0.25) is 5.91 Å². The summed E-state index contributed by atoms with van der Waals surface area (Å²) in [4.78, 5) is 52.8. The number of nitrogens with zero attached hydrogens (tertiary/aromatic N) is 2. The molecule has 2 N–H and O–H groups in total. The minimum atomic E-state index is -0.730. The molecule has 0 aromatic heterocycles. The molecule has 1 unspecified atom stereocenters. The van der Waals surface area contributed by atoms with Gasteiger partial charge in [-0.3, -0.25) is 24.6 Å². The first-order chi connectivity index (χ1) is 22.4. The Labute approximate surface area is 277 Å². The fourth-order valence-corrected chi connectivity index (χ4v) is 5.75. The van der Waals surface area contributed by atoms with Crippen molar-refractivity contribution >= 4 is 52.0 Å². The number of rotatable bonds is 10. The first-order valence-electron chi connectivity index (χ1n) is 15.2. The second-order valence-electron chi connectivity index (χ2n) is 12.0. The van der Waals surface area contributed by atoms with Crippen molar-refractivity contribution in [2.45, 2.75) is 38.0 Å². The highest BCUT2D eigenvalue weighted by Gasteiger charge is 2.31. The van der Waals surface area contributed by atoms with Crippen LogP contribution in [0.25, 0.3) is 0 Å². The van der Waals surface area contributed by atoms with Crippen molar-refractivity contribution in [3.05, 3.63) is 72.3 Å². The average molecular weight is 663 g/mol. The standard InChI is InChI=1S/C34H38N4O8S/c1-34(2,3)46-33(42)37(4)28-20-26(45-25-7-5-6-23(19-25)38-14-16-43-17-15-38)12-13-27(28)35-30(39)21-44-24-10-8-22(9-11-24)18-29-31(40)36-32(41)47-29/h5-13,19-20,29H,14-18,21H2,1-4H3,(H,35,39)(H,36,40,41). The molecule has 47 heavy (non-hydrogen) atoms. The molecule has 2 aliphatic heterocycles. The molecule has 0 aliphatic carbocycles. The molecule has 2 heterocycles. The summed E-state index contributed by atoms with van der Waals surface area (Å²) in [7, 11) is 1.56. The van der Waals surface area contributed by atoms with Crippen LogP contribution in [0.5, 0.6) is 17.2 Å². The number of imide groups is 1. The van der Waals surface area contributed by atoms with E-state index in [-0.39, 0.29) is 17.8 Å². The molecule has 2 saturated heterocycles. The Hall–Kier alpha value is -4.75. The molecule has 3 aromatic rings. The molecule has 4 amide bonds. The van der Waals surface area contributed by atoms with Gasteiger partial charge >= 0.3 is 6.09 Å². The third-order valence-electron chi connectivity index (χ3n) is 7.18. The molecule has 0 radical (unpaired) electrons. The smallest absolute Gasteiger partial charge is 0.414 e. The first kappa shape index (κ1) is 33.6. The van der Waals surface area contributed by atoms with E-state index in [0.29, 0.717) is 48.3 Å². The molecule has 0 spiro atoms. The summed E-state index contributed by atoms with van der Waals surface area (Å²) in [6.45, 7) is 7.95. The molecule has 2 fully saturated rings. The normalized spacial score (nSPS) is 16.3. The van der Waals surface area contributed by atoms with Crippen molar-refractivity contribution in [3.63, 3.8) is 0 Å². The van der Waals surface area contributed by atoms with Crippen LogP contribution in [0.4, 0.5) is 26.7 Å². The summed E-state index contributed by atoms with van der Waals surface area (Å²) < 4.78 is 22.9. The van der Waals surface area contributed by atoms with Gasteiger partial charge in [-0.15, -0.1) is 0 Å². The second-order valence-corrected chi connectivity index (χ2v) is 13.2. The van der Waals surface area contributed by atoms with Gasteiger partial charge in [-0.05, 0) is 69.2 Å². The molecule has 0 saturated carbocycles. The van der Waals surface area contributed by atoms with E-state index < -0.39 is 22.9 Å². The quantitative estimate of drug-likeness (QED) is 0.283. The maximum absolute atomic E-state index is 13.0. The van der Waals surface area contributed by atoms with Crippen molar-refractivity contribution in [3.8, 4) is 17.2 Å². The summed E-state index contributed by atoms with van der Waals surface area (Å²) in [6, 6.07) is 19.7. The maximum atomic E-state index is 13.0. The lowest BCUT2D eigenvalue weighted by Gasteiger charge is -2.29. The van der Waals surface area contributed by atoms with E-state index in [0.717, 1.165) is 36.1 Å². The van der Waals surface area contributed by atoms with Gasteiger partial charge in [-0.2, -0.15) is 0 Å². The zero-order valence-electron chi connectivity index (χ0n) is 26.7. The van der Waals surface area contributed by atoms with E-state index in [1.165, 1.54) is 4.90 Å². The predicted octanol–water partition coefficient (Wildman–Crippen LogP) is 5.60. The number of ether oxygens (including phenoxy) is 4. The Morgan fingerprint density at radius 1 is 1.00 bits per heavy atom. The van der Waals surface area contributed by atoms with E-state index in [2.05, 4.69) is 15.5 Å². The average Bonchev–Trinajstić information content (AvgIpc) is 3.36. The van der Waals surface area contributed by atoms with E-state index in [4.69, 9.17) is 18.9 Å². The molecule has 248 valence electrons. The third kappa shape index (κ3) is 9.39. The Morgan fingerprint density at radius 2 is 1.70 bits per heavy atom. The molecular weight excluding hydrogens is 624 g/mol. The molecule has 0 bridgehead atoms. The molecule has 2 aliphatic rings. The zero-order chi connectivity index (χ0) is 33.6. The fraction of sp³-hybridized carbons (Fsp3) is 0.353. The molecular formula is C34H38N4O8S. The van der Waals surface area contributed by atoms with Crippen LogP contribution < -0.4 is 29.9 Å². The van der Waals surface area contributed by atoms with E-state index >= 15 is 0 Å². The summed E-state index contributed by atoms with van der Waals surface area (Å²) in [5.41, 5.74) is 1.87. The minimum Gasteiger partial charge on any atom is -0.484 e. The van der Waals surface area contributed by atoms with Gasteiger partial charge in [-0.25, -0.2) is 4.79 Å². The van der Waals surface area contributed by atoms with Gasteiger partial charge in [0.15, 0.2) is 6.61 Å². The number of benzene rings is 3. The first-order valence-corrected chi connectivity index (χ1v) is 16.1. The van der Waals surface area contributed by atoms with Crippen LogP contribution in [0, 0.1) is 0 Å². The van der Waals surface area contributed by atoms with Gasteiger partial charge in [0, 0.05) is 38.0 Å². The van der Waals surface area contributed by atoms with Crippen LogP contribution in [0.1, 0.15) is 26.3 Å². The number of nitrogens with one attached hydrogen (secondary N) is 2. The largest absolute Gasteiger partial charge is 0.484 e. The van der Waals surface area contributed by atoms with Gasteiger partial charge < -0.3 is 29.2 Å². The summed E-state index contributed by atoms with van der Waals surface area (Å²) in [5.74, 6) is 0.790. The lowest BCUT2D eigenvalue weighted by atomic mass is 10.1. The van der Waals surface area contributed by atoms with Gasteiger partial charge in [0.1, 0.15) is 22.8 Å². The van der Waals surface area contributed by atoms with Crippen molar-refractivity contribution in [1.29, 1.82) is 0 Å². The van der Waals surface area contributed by atoms with Crippen LogP contribution in [-0.4, -0.2) is 74.0 Å². The maximum Gasteiger partial charge on any atom is 0.414 e. The Balaban J connectivity index is 1.26. The number of hydrogen-bond acceptors (Lipinski definition) is 10. The highest BCUT2D eigenvalue weighted by atomic mass is 32.2. The van der Waals surface area contributed by atoms with Gasteiger partial charge in [0.25, 0.3) is 11.1 Å². The van der Waals surface area contributed by atoms with Gasteiger partial charge in [0.05, 0.1) is 29.8 Å². The molecule has 5 rings (SSSR count). The summed E-state index contributed by atoms with van der Waals surface area (Å²) >= 11 is 0.972. The number of morpholine rings is 1. The van der Waals surface area contributed by atoms with E-state index in [1.807, 2.05) is 24.3 Å². The van der Waals surface area contributed by atoms with Crippen molar-refractivity contribution in [2.75, 3.05) is 55.1 Å². The Bertz CT molecular complexity index is 1620. The number of hydrogen-bond donors (Lipinski definition) is 2. The van der Waals surface area contributed by atoms with E-state index in [1.54, 1.807) is 70.3 Å². The highest BCUT2D eigenvalue weighted by Crippen LogP contribution is 2.34. The number of anilines is 3. The zero-order valence-corrected chi connectivity index (χ0v) is 27.6.